The number of hydrogen-bond donors (Lipinski definition) is 0. The summed E-state index contributed by atoms with van der Waals surface area (Å²) >= 11 is 0. The van der Waals surface area contributed by atoms with Gasteiger partial charge in [0.25, 0.3) is 0 Å². The fourth-order valence-electron chi connectivity index (χ4n) is 2.15. The summed E-state index contributed by atoms with van der Waals surface area (Å²) in [6.07, 6.45) is 9.66. The molecule has 0 aliphatic carbocycles. The van der Waals surface area contributed by atoms with Crippen molar-refractivity contribution in [1.82, 2.24) is 0 Å². The lowest BCUT2D eigenvalue weighted by atomic mass is 10.1. The van der Waals surface area contributed by atoms with E-state index in [4.69, 9.17) is 4.74 Å². The molecule has 0 radical (unpaired) electrons. The molecule has 21 heavy (non-hydrogen) atoms. The van der Waals surface area contributed by atoms with Gasteiger partial charge in [0, 0.05) is 12.1 Å². The number of benzene rings is 1. The van der Waals surface area contributed by atoms with E-state index in [2.05, 4.69) is 6.92 Å². The Morgan fingerprint density at radius 3 is 2.29 bits per heavy atom. The summed E-state index contributed by atoms with van der Waals surface area (Å²) < 4.78 is 18.8. The lowest BCUT2D eigenvalue weighted by molar-refractivity contribution is -0.387. The van der Waals surface area contributed by atoms with E-state index < -0.39 is 16.4 Å². The van der Waals surface area contributed by atoms with Crippen LogP contribution in [-0.2, 0) is 0 Å². The zero-order valence-corrected chi connectivity index (χ0v) is 12.6. The Hall–Kier alpha value is -1.65. The highest BCUT2D eigenvalue weighted by molar-refractivity contribution is 5.37. The Labute approximate surface area is 125 Å². The van der Waals surface area contributed by atoms with E-state index in [1.807, 2.05) is 0 Å². The van der Waals surface area contributed by atoms with Gasteiger partial charge in [-0.15, -0.1) is 0 Å². The highest BCUT2D eigenvalue weighted by atomic mass is 19.1. The molecule has 1 aromatic carbocycles. The molecule has 1 rings (SSSR count). The molecule has 0 saturated heterocycles. The van der Waals surface area contributed by atoms with Crippen LogP contribution < -0.4 is 4.74 Å². The van der Waals surface area contributed by atoms with E-state index in [9.17, 15) is 14.5 Å². The van der Waals surface area contributed by atoms with E-state index >= 15 is 0 Å². The predicted molar refractivity (Wildman–Crippen MR) is 81.2 cm³/mol. The highest BCUT2D eigenvalue weighted by Gasteiger charge is 2.13. The highest BCUT2D eigenvalue weighted by Crippen LogP contribution is 2.22. The van der Waals surface area contributed by atoms with Gasteiger partial charge in [0.15, 0.2) is 0 Å². The predicted octanol–water partition coefficient (Wildman–Crippen LogP) is 5.25. The number of halogens is 1. The number of hydrogen-bond acceptors (Lipinski definition) is 3. The Kier molecular flexibility index (Phi) is 8.40. The Bertz CT molecular complexity index is 438. The van der Waals surface area contributed by atoms with Crippen molar-refractivity contribution in [3.8, 4) is 5.75 Å². The molecule has 0 heterocycles. The molecule has 1 aromatic rings. The maximum absolute atomic E-state index is 13.4. The standard InChI is InChI=1S/C16H24FNO3/c1-2-3-4-5-6-7-8-9-12-21-14-10-11-16(18(19)20)15(17)13-14/h10-11,13H,2-9,12H2,1H3. The smallest absolute Gasteiger partial charge is 0.305 e. The van der Waals surface area contributed by atoms with Crippen molar-refractivity contribution in [3.05, 3.63) is 34.1 Å². The minimum absolute atomic E-state index is 0.348. The summed E-state index contributed by atoms with van der Waals surface area (Å²) in [5.74, 6) is -0.505. The van der Waals surface area contributed by atoms with Gasteiger partial charge >= 0.3 is 5.69 Å². The summed E-state index contributed by atoms with van der Waals surface area (Å²) in [4.78, 5) is 9.75. The lowest BCUT2D eigenvalue weighted by Gasteiger charge is -2.06. The van der Waals surface area contributed by atoms with Crippen LogP contribution in [0.15, 0.2) is 18.2 Å². The Morgan fingerprint density at radius 2 is 1.71 bits per heavy atom. The van der Waals surface area contributed by atoms with Crippen LogP contribution in [0.4, 0.5) is 10.1 Å². The molecule has 4 nitrogen and oxygen atoms in total. The van der Waals surface area contributed by atoms with Gasteiger partial charge < -0.3 is 4.74 Å². The number of nitro groups is 1. The summed E-state index contributed by atoms with van der Waals surface area (Å²) in [6, 6.07) is 3.65. The van der Waals surface area contributed by atoms with Crippen LogP contribution in [0.1, 0.15) is 58.3 Å². The van der Waals surface area contributed by atoms with Gasteiger partial charge in [-0.2, -0.15) is 4.39 Å². The fraction of sp³-hybridized carbons (Fsp3) is 0.625. The van der Waals surface area contributed by atoms with Crippen molar-refractivity contribution in [2.24, 2.45) is 0 Å². The number of nitrogens with zero attached hydrogens (tertiary/aromatic N) is 1. The minimum Gasteiger partial charge on any atom is -0.493 e. The first kappa shape index (κ1) is 17.4. The second-order valence-electron chi connectivity index (χ2n) is 5.19. The Balaban J connectivity index is 2.13. The van der Waals surface area contributed by atoms with Crippen molar-refractivity contribution in [2.75, 3.05) is 6.61 Å². The van der Waals surface area contributed by atoms with Crippen LogP contribution >= 0.6 is 0 Å². The van der Waals surface area contributed by atoms with Crippen LogP contribution in [0.3, 0.4) is 0 Å². The second kappa shape index (κ2) is 10.1. The summed E-state index contributed by atoms with van der Waals surface area (Å²) in [6.45, 7) is 2.73. The zero-order chi connectivity index (χ0) is 15.5. The van der Waals surface area contributed by atoms with Gasteiger partial charge in [0.1, 0.15) is 5.75 Å². The molecule has 0 atom stereocenters. The summed E-state index contributed by atoms with van der Waals surface area (Å²) in [5, 5.41) is 10.5. The fourth-order valence-corrected chi connectivity index (χ4v) is 2.15. The topological polar surface area (TPSA) is 52.4 Å². The SMILES string of the molecule is CCCCCCCCCCOc1ccc([N+](=O)[O-])c(F)c1. The van der Waals surface area contributed by atoms with Crippen LogP contribution in [0, 0.1) is 15.9 Å². The lowest BCUT2D eigenvalue weighted by Crippen LogP contribution is -1.99. The van der Waals surface area contributed by atoms with E-state index in [1.54, 1.807) is 0 Å². The first-order valence-corrected chi connectivity index (χ1v) is 7.72. The van der Waals surface area contributed by atoms with E-state index in [-0.39, 0.29) is 0 Å². The van der Waals surface area contributed by atoms with Crippen molar-refractivity contribution >= 4 is 5.69 Å². The van der Waals surface area contributed by atoms with E-state index in [1.165, 1.54) is 44.6 Å². The normalized spacial score (nSPS) is 10.6. The third kappa shape index (κ3) is 7.06. The van der Waals surface area contributed by atoms with Crippen molar-refractivity contribution < 1.29 is 14.1 Å². The molecule has 0 fully saturated rings. The molecule has 0 aliphatic rings. The molecular weight excluding hydrogens is 273 g/mol. The number of unbranched alkanes of at least 4 members (excludes halogenated alkanes) is 7. The summed E-state index contributed by atoms with van der Waals surface area (Å²) in [5.41, 5.74) is -0.519. The molecule has 0 aliphatic heterocycles. The van der Waals surface area contributed by atoms with E-state index in [0.29, 0.717) is 12.4 Å². The largest absolute Gasteiger partial charge is 0.493 e. The zero-order valence-electron chi connectivity index (χ0n) is 12.6. The van der Waals surface area contributed by atoms with Crippen LogP contribution in [0.25, 0.3) is 0 Å². The summed E-state index contributed by atoms with van der Waals surface area (Å²) in [7, 11) is 0. The van der Waals surface area contributed by atoms with Gasteiger partial charge in [-0.25, -0.2) is 0 Å². The average Bonchev–Trinajstić information content (AvgIpc) is 2.45. The molecule has 0 spiro atoms. The second-order valence-corrected chi connectivity index (χ2v) is 5.19. The molecular formula is C16H24FNO3. The van der Waals surface area contributed by atoms with Crippen LogP contribution in [-0.4, -0.2) is 11.5 Å². The molecule has 118 valence electrons. The first-order chi connectivity index (χ1) is 10.1. The third-order valence-electron chi connectivity index (χ3n) is 3.38. The van der Waals surface area contributed by atoms with Gasteiger partial charge in [0.2, 0.25) is 5.82 Å². The molecule has 0 aromatic heterocycles. The number of ether oxygens (including phenoxy) is 1. The number of nitro benzene ring substituents is 1. The van der Waals surface area contributed by atoms with Crippen molar-refractivity contribution in [1.29, 1.82) is 0 Å². The minimum atomic E-state index is -0.853. The average molecular weight is 297 g/mol. The van der Waals surface area contributed by atoms with Gasteiger partial charge in [-0.1, -0.05) is 51.9 Å². The van der Waals surface area contributed by atoms with Crippen LogP contribution in [0.2, 0.25) is 0 Å². The van der Waals surface area contributed by atoms with E-state index in [0.717, 1.165) is 25.0 Å². The van der Waals surface area contributed by atoms with Crippen molar-refractivity contribution in [2.45, 2.75) is 58.3 Å². The van der Waals surface area contributed by atoms with Crippen LogP contribution in [0.5, 0.6) is 5.75 Å². The molecule has 0 N–H and O–H groups in total. The molecule has 0 amide bonds. The van der Waals surface area contributed by atoms with Gasteiger partial charge in [-0.05, 0) is 12.5 Å². The van der Waals surface area contributed by atoms with Crippen molar-refractivity contribution in [3.63, 3.8) is 0 Å². The van der Waals surface area contributed by atoms with Gasteiger partial charge in [0.05, 0.1) is 11.5 Å². The first-order valence-electron chi connectivity index (χ1n) is 7.72. The molecule has 0 saturated carbocycles. The maximum Gasteiger partial charge on any atom is 0.305 e. The van der Waals surface area contributed by atoms with Gasteiger partial charge in [-0.3, -0.25) is 10.1 Å². The molecule has 0 unspecified atom stereocenters. The quantitative estimate of drug-likeness (QED) is 0.318. The number of rotatable bonds is 11. The third-order valence-corrected chi connectivity index (χ3v) is 3.38. The Morgan fingerprint density at radius 1 is 1.10 bits per heavy atom. The molecule has 0 bridgehead atoms. The molecule has 5 heteroatoms. The monoisotopic (exact) mass is 297 g/mol. The maximum atomic E-state index is 13.4.